The van der Waals surface area contributed by atoms with Gasteiger partial charge in [0.1, 0.15) is 6.54 Å². The Bertz CT molecular complexity index is 423. The Kier molecular flexibility index (Phi) is 4.56. The Hall–Kier alpha value is -1.98. The largest absolute Gasteiger partial charge is 0.468 e. The molecular formula is C11H13FN2O3. The van der Waals surface area contributed by atoms with Gasteiger partial charge in [0.2, 0.25) is 5.95 Å². The fraction of sp³-hybridized carbons (Fsp3) is 0.364. The maximum absolute atomic E-state index is 12.9. The number of halogens is 1. The molecule has 6 heteroatoms. The van der Waals surface area contributed by atoms with Gasteiger partial charge in [-0.2, -0.15) is 4.39 Å². The van der Waals surface area contributed by atoms with E-state index in [9.17, 15) is 14.0 Å². The number of aromatic nitrogens is 1. The lowest BCUT2D eigenvalue weighted by Crippen LogP contribution is -2.36. The summed E-state index contributed by atoms with van der Waals surface area (Å²) in [6.45, 7) is 1.89. The van der Waals surface area contributed by atoms with Crippen LogP contribution in [0.1, 0.15) is 17.3 Å². The van der Waals surface area contributed by atoms with E-state index in [1.54, 1.807) is 6.92 Å². The molecule has 17 heavy (non-hydrogen) atoms. The van der Waals surface area contributed by atoms with Gasteiger partial charge in [0, 0.05) is 24.4 Å². The molecule has 0 aliphatic heterocycles. The second-order valence-corrected chi connectivity index (χ2v) is 3.26. The van der Waals surface area contributed by atoms with Crippen molar-refractivity contribution in [3.8, 4) is 0 Å². The monoisotopic (exact) mass is 240 g/mol. The summed E-state index contributed by atoms with van der Waals surface area (Å²) in [5.74, 6) is -1.68. The van der Waals surface area contributed by atoms with Crippen molar-refractivity contribution in [2.24, 2.45) is 0 Å². The van der Waals surface area contributed by atoms with Crippen LogP contribution in [0.4, 0.5) is 4.39 Å². The highest BCUT2D eigenvalue weighted by atomic mass is 19.1. The lowest BCUT2D eigenvalue weighted by molar-refractivity contribution is -0.141. The standard InChI is InChI=1S/C11H13FN2O3/c1-3-14(7-10(15)17-2)11(16)8-4-5-13-9(12)6-8/h4-6H,3,7H2,1-2H3. The number of ether oxygens (including phenoxy) is 1. The average Bonchev–Trinajstić information content (AvgIpc) is 2.34. The topological polar surface area (TPSA) is 59.5 Å². The fourth-order valence-corrected chi connectivity index (χ4v) is 1.27. The number of pyridine rings is 1. The molecule has 0 bridgehead atoms. The third kappa shape index (κ3) is 3.51. The molecule has 0 saturated carbocycles. The molecule has 0 radical (unpaired) electrons. The number of amides is 1. The molecule has 0 saturated heterocycles. The number of nitrogens with zero attached hydrogens (tertiary/aromatic N) is 2. The number of methoxy groups -OCH3 is 1. The van der Waals surface area contributed by atoms with Gasteiger partial charge in [-0.1, -0.05) is 0 Å². The van der Waals surface area contributed by atoms with E-state index in [1.165, 1.54) is 24.3 Å². The van der Waals surface area contributed by atoms with Crippen molar-refractivity contribution >= 4 is 11.9 Å². The summed E-state index contributed by atoms with van der Waals surface area (Å²) in [5, 5.41) is 0. The maximum atomic E-state index is 12.9. The zero-order valence-corrected chi connectivity index (χ0v) is 9.64. The van der Waals surface area contributed by atoms with Crippen LogP contribution in [0.25, 0.3) is 0 Å². The Morgan fingerprint density at radius 3 is 2.76 bits per heavy atom. The van der Waals surface area contributed by atoms with Crippen LogP contribution in [0.2, 0.25) is 0 Å². The lowest BCUT2D eigenvalue weighted by Gasteiger charge is -2.19. The molecule has 92 valence electrons. The number of rotatable bonds is 4. The van der Waals surface area contributed by atoms with Gasteiger partial charge in [-0.3, -0.25) is 9.59 Å². The molecule has 0 aromatic carbocycles. The van der Waals surface area contributed by atoms with Gasteiger partial charge < -0.3 is 9.64 Å². The third-order valence-electron chi connectivity index (χ3n) is 2.19. The lowest BCUT2D eigenvalue weighted by atomic mass is 10.2. The molecule has 1 aromatic rings. The van der Waals surface area contributed by atoms with Crippen molar-refractivity contribution in [2.75, 3.05) is 20.2 Å². The van der Waals surface area contributed by atoms with E-state index in [1.807, 2.05) is 0 Å². The smallest absolute Gasteiger partial charge is 0.325 e. The van der Waals surface area contributed by atoms with Gasteiger partial charge in [-0.05, 0) is 13.0 Å². The molecule has 0 spiro atoms. The summed E-state index contributed by atoms with van der Waals surface area (Å²) in [6, 6.07) is 2.42. The Morgan fingerprint density at radius 2 is 2.24 bits per heavy atom. The van der Waals surface area contributed by atoms with Gasteiger partial charge in [-0.15, -0.1) is 0 Å². The third-order valence-corrected chi connectivity index (χ3v) is 2.19. The Balaban J connectivity index is 2.82. The summed E-state index contributed by atoms with van der Waals surface area (Å²) < 4.78 is 17.3. The van der Waals surface area contributed by atoms with E-state index in [0.29, 0.717) is 6.54 Å². The van der Waals surface area contributed by atoms with Crippen molar-refractivity contribution in [3.05, 3.63) is 29.8 Å². The van der Waals surface area contributed by atoms with Crippen molar-refractivity contribution in [3.63, 3.8) is 0 Å². The predicted octanol–water partition coefficient (Wildman–Crippen LogP) is 0.856. The first-order chi connectivity index (χ1) is 8.08. The van der Waals surface area contributed by atoms with E-state index in [-0.39, 0.29) is 12.1 Å². The van der Waals surface area contributed by atoms with Crippen molar-refractivity contribution in [1.82, 2.24) is 9.88 Å². The number of esters is 1. The number of carbonyl (C=O) groups excluding carboxylic acids is 2. The second kappa shape index (κ2) is 5.93. The first-order valence-electron chi connectivity index (χ1n) is 5.06. The normalized spacial score (nSPS) is 9.82. The van der Waals surface area contributed by atoms with Crippen LogP contribution in [-0.2, 0) is 9.53 Å². The predicted molar refractivity (Wildman–Crippen MR) is 57.8 cm³/mol. The number of likely N-dealkylation sites (N-methyl/N-ethyl adjacent to an activating group) is 1. The van der Waals surface area contributed by atoms with Crippen LogP contribution in [-0.4, -0.2) is 42.0 Å². The van der Waals surface area contributed by atoms with Crippen molar-refractivity contribution < 1.29 is 18.7 Å². The highest BCUT2D eigenvalue weighted by Crippen LogP contribution is 2.05. The Labute approximate surface area is 98.2 Å². The fourth-order valence-electron chi connectivity index (χ4n) is 1.27. The molecule has 1 rings (SSSR count). The summed E-state index contributed by atoms with van der Waals surface area (Å²) in [6.07, 6.45) is 1.20. The minimum Gasteiger partial charge on any atom is -0.468 e. The van der Waals surface area contributed by atoms with Gasteiger partial charge in [0.15, 0.2) is 0 Å². The highest BCUT2D eigenvalue weighted by Gasteiger charge is 2.18. The van der Waals surface area contributed by atoms with Gasteiger partial charge in [-0.25, -0.2) is 4.98 Å². The molecule has 1 heterocycles. The van der Waals surface area contributed by atoms with E-state index >= 15 is 0 Å². The van der Waals surface area contributed by atoms with E-state index in [0.717, 1.165) is 6.07 Å². The first kappa shape index (κ1) is 13.1. The van der Waals surface area contributed by atoms with E-state index < -0.39 is 17.8 Å². The summed E-state index contributed by atoms with van der Waals surface area (Å²) in [7, 11) is 1.24. The molecule has 0 fully saturated rings. The van der Waals surface area contributed by atoms with Crippen LogP contribution in [0.15, 0.2) is 18.3 Å². The van der Waals surface area contributed by atoms with Crippen LogP contribution < -0.4 is 0 Å². The zero-order chi connectivity index (χ0) is 12.8. The number of carbonyl (C=O) groups is 2. The number of hydrogen-bond acceptors (Lipinski definition) is 4. The summed E-state index contributed by atoms with van der Waals surface area (Å²) >= 11 is 0. The quantitative estimate of drug-likeness (QED) is 0.578. The van der Waals surface area contributed by atoms with Crippen LogP contribution in [0.5, 0.6) is 0 Å². The molecule has 1 aromatic heterocycles. The van der Waals surface area contributed by atoms with Gasteiger partial charge in [0.05, 0.1) is 7.11 Å². The van der Waals surface area contributed by atoms with Crippen LogP contribution >= 0.6 is 0 Å². The van der Waals surface area contributed by atoms with Crippen LogP contribution in [0.3, 0.4) is 0 Å². The zero-order valence-electron chi connectivity index (χ0n) is 9.64. The molecule has 0 aliphatic rings. The highest BCUT2D eigenvalue weighted by molar-refractivity contribution is 5.95. The summed E-state index contributed by atoms with van der Waals surface area (Å²) in [4.78, 5) is 27.6. The first-order valence-corrected chi connectivity index (χ1v) is 5.06. The average molecular weight is 240 g/mol. The van der Waals surface area contributed by atoms with Crippen molar-refractivity contribution in [1.29, 1.82) is 0 Å². The van der Waals surface area contributed by atoms with Crippen LogP contribution in [0, 0.1) is 5.95 Å². The second-order valence-electron chi connectivity index (χ2n) is 3.26. The maximum Gasteiger partial charge on any atom is 0.325 e. The van der Waals surface area contributed by atoms with E-state index in [2.05, 4.69) is 9.72 Å². The minimum absolute atomic E-state index is 0.156. The SMILES string of the molecule is CCN(CC(=O)OC)C(=O)c1ccnc(F)c1. The summed E-state index contributed by atoms with van der Waals surface area (Å²) in [5.41, 5.74) is 0.156. The molecule has 5 nitrogen and oxygen atoms in total. The molecule has 0 unspecified atom stereocenters. The van der Waals surface area contributed by atoms with Gasteiger partial charge in [0.25, 0.3) is 5.91 Å². The van der Waals surface area contributed by atoms with Gasteiger partial charge >= 0.3 is 5.97 Å². The molecule has 0 aliphatic carbocycles. The molecule has 0 atom stereocenters. The molecular weight excluding hydrogens is 227 g/mol. The van der Waals surface area contributed by atoms with Crippen molar-refractivity contribution in [2.45, 2.75) is 6.92 Å². The molecule has 1 amide bonds. The minimum atomic E-state index is -0.732. The molecule has 0 N–H and O–H groups in total. The number of hydrogen-bond donors (Lipinski definition) is 0. The Morgan fingerprint density at radius 1 is 1.53 bits per heavy atom. The van der Waals surface area contributed by atoms with E-state index in [4.69, 9.17) is 0 Å².